The molecule has 4 rings (SSSR count). The van der Waals surface area contributed by atoms with Gasteiger partial charge in [0, 0.05) is 6.07 Å². The first kappa shape index (κ1) is 21.2. The van der Waals surface area contributed by atoms with Crippen molar-refractivity contribution in [2.75, 3.05) is 14.2 Å². The number of fused-ring (bicyclic) bond motifs is 1. The quantitative estimate of drug-likeness (QED) is 0.361. The van der Waals surface area contributed by atoms with Crippen LogP contribution in [0.4, 0.5) is 0 Å². The number of hydrogen-bond donors (Lipinski definition) is 0. The number of benzene rings is 3. The Morgan fingerprint density at radius 3 is 2.38 bits per heavy atom. The van der Waals surface area contributed by atoms with E-state index in [0.717, 1.165) is 11.1 Å². The molecule has 0 radical (unpaired) electrons. The molecule has 3 aromatic carbocycles. The van der Waals surface area contributed by atoms with Gasteiger partial charge in [0.2, 0.25) is 5.43 Å². The van der Waals surface area contributed by atoms with Crippen molar-refractivity contribution in [1.82, 2.24) is 0 Å². The van der Waals surface area contributed by atoms with Gasteiger partial charge in [0.15, 0.2) is 11.5 Å². The van der Waals surface area contributed by atoms with Crippen LogP contribution < -0.4 is 19.6 Å². The molecule has 0 saturated heterocycles. The van der Waals surface area contributed by atoms with Gasteiger partial charge in [-0.2, -0.15) is 0 Å². The highest BCUT2D eigenvalue weighted by Gasteiger charge is 2.16. The van der Waals surface area contributed by atoms with Crippen LogP contribution in [0.15, 0.2) is 76.5 Å². The van der Waals surface area contributed by atoms with Crippen molar-refractivity contribution in [1.29, 1.82) is 0 Å². The first-order valence-corrected chi connectivity index (χ1v) is 10.2. The van der Waals surface area contributed by atoms with Crippen LogP contribution in [0.1, 0.15) is 16.9 Å². The van der Waals surface area contributed by atoms with Gasteiger partial charge >= 0.3 is 0 Å². The Kier molecular flexibility index (Phi) is 5.99. The summed E-state index contributed by atoms with van der Waals surface area (Å²) in [6.45, 7) is 5.95. The third-order valence-corrected chi connectivity index (χ3v) is 5.33. The van der Waals surface area contributed by atoms with Crippen molar-refractivity contribution in [3.05, 3.63) is 94.4 Å². The summed E-state index contributed by atoms with van der Waals surface area (Å²) in [5.74, 6) is 2.30. The molecule has 4 aromatic rings. The minimum Gasteiger partial charge on any atom is -0.493 e. The molecule has 0 saturated carbocycles. The number of hydrogen-bond acceptors (Lipinski definition) is 5. The van der Waals surface area contributed by atoms with Crippen LogP contribution in [0.25, 0.3) is 28.2 Å². The van der Waals surface area contributed by atoms with E-state index in [4.69, 9.17) is 18.6 Å². The molecule has 0 spiro atoms. The van der Waals surface area contributed by atoms with Crippen molar-refractivity contribution in [2.45, 2.75) is 13.5 Å². The van der Waals surface area contributed by atoms with Crippen molar-refractivity contribution >= 4 is 17.0 Å². The van der Waals surface area contributed by atoms with E-state index in [1.54, 1.807) is 57.6 Å². The van der Waals surface area contributed by atoms with E-state index >= 15 is 0 Å². The van der Waals surface area contributed by atoms with Crippen molar-refractivity contribution in [2.24, 2.45) is 0 Å². The van der Waals surface area contributed by atoms with Crippen LogP contribution in [-0.2, 0) is 6.61 Å². The SMILES string of the molecule is C=Cc1ccc(COc2ccc3c(=O)c(-c4ccc(OC)c(OC)c4)c(C)oc3c2)cc1. The predicted octanol–water partition coefficient (Wildman–Crippen LogP) is 6.01. The Labute approximate surface area is 186 Å². The monoisotopic (exact) mass is 428 g/mol. The minimum atomic E-state index is -0.109. The molecule has 5 nitrogen and oxygen atoms in total. The van der Waals surface area contributed by atoms with Crippen molar-refractivity contribution in [3.63, 3.8) is 0 Å². The summed E-state index contributed by atoms with van der Waals surface area (Å²) < 4.78 is 22.6. The number of rotatable bonds is 7. The fourth-order valence-corrected chi connectivity index (χ4v) is 3.62. The van der Waals surface area contributed by atoms with Gasteiger partial charge in [0.05, 0.1) is 25.2 Å². The lowest BCUT2D eigenvalue weighted by molar-refractivity contribution is 0.306. The van der Waals surface area contributed by atoms with Gasteiger partial charge in [-0.1, -0.05) is 43.0 Å². The third-order valence-electron chi connectivity index (χ3n) is 5.33. The minimum absolute atomic E-state index is 0.109. The largest absolute Gasteiger partial charge is 0.493 e. The summed E-state index contributed by atoms with van der Waals surface area (Å²) in [6.07, 6.45) is 1.80. The fourth-order valence-electron chi connectivity index (χ4n) is 3.62. The van der Waals surface area contributed by atoms with Gasteiger partial charge in [0.25, 0.3) is 0 Å². The van der Waals surface area contributed by atoms with Gasteiger partial charge in [-0.15, -0.1) is 0 Å². The lowest BCUT2D eigenvalue weighted by Crippen LogP contribution is -2.08. The summed E-state index contributed by atoms with van der Waals surface area (Å²) in [6, 6.07) is 18.6. The normalized spacial score (nSPS) is 10.7. The molecule has 0 N–H and O–H groups in total. The molecule has 0 atom stereocenters. The Balaban J connectivity index is 1.66. The van der Waals surface area contributed by atoms with E-state index in [1.807, 2.05) is 30.3 Å². The van der Waals surface area contributed by atoms with E-state index in [0.29, 0.717) is 51.7 Å². The lowest BCUT2D eigenvalue weighted by atomic mass is 10.0. The smallest absolute Gasteiger partial charge is 0.200 e. The molecule has 0 aliphatic rings. The topological polar surface area (TPSA) is 57.9 Å². The molecule has 32 heavy (non-hydrogen) atoms. The van der Waals surface area contributed by atoms with Gasteiger partial charge in [-0.05, 0) is 47.9 Å². The fraction of sp³-hybridized carbons (Fsp3) is 0.148. The maximum atomic E-state index is 13.3. The number of ether oxygens (including phenoxy) is 3. The maximum Gasteiger partial charge on any atom is 0.200 e. The van der Waals surface area contributed by atoms with Gasteiger partial charge in [-0.3, -0.25) is 4.79 Å². The molecule has 1 aromatic heterocycles. The van der Waals surface area contributed by atoms with E-state index in [1.165, 1.54) is 0 Å². The molecule has 0 fully saturated rings. The van der Waals surface area contributed by atoms with Crippen molar-refractivity contribution < 1.29 is 18.6 Å². The summed E-state index contributed by atoms with van der Waals surface area (Å²) >= 11 is 0. The third kappa shape index (κ3) is 4.10. The average molecular weight is 428 g/mol. The first-order valence-electron chi connectivity index (χ1n) is 10.2. The van der Waals surface area contributed by atoms with Crippen molar-refractivity contribution in [3.8, 4) is 28.4 Å². The molecular formula is C27H24O5. The number of aryl methyl sites for hydroxylation is 1. The highest BCUT2D eigenvalue weighted by Crippen LogP contribution is 2.33. The van der Waals surface area contributed by atoms with E-state index in [9.17, 15) is 4.79 Å². The molecule has 5 heteroatoms. The standard InChI is InChI=1S/C27H24O5/c1-5-18-6-8-19(9-7-18)16-31-21-11-12-22-24(15-21)32-17(2)26(27(22)28)20-10-13-23(29-3)25(14-20)30-4/h5-15H,1,16H2,2-4H3. The zero-order valence-electron chi connectivity index (χ0n) is 18.3. The molecule has 0 aliphatic carbocycles. The van der Waals surface area contributed by atoms with Gasteiger partial charge in [-0.25, -0.2) is 0 Å². The van der Waals surface area contributed by atoms with E-state index in [-0.39, 0.29) is 5.43 Å². The molecule has 0 unspecified atom stereocenters. The predicted molar refractivity (Wildman–Crippen MR) is 127 cm³/mol. The summed E-state index contributed by atoms with van der Waals surface area (Å²) in [7, 11) is 3.13. The first-order chi connectivity index (χ1) is 15.5. The molecule has 0 amide bonds. The van der Waals surface area contributed by atoms with Crippen LogP contribution in [0.2, 0.25) is 0 Å². The maximum absolute atomic E-state index is 13.3. The van der Waals surface area contributed by atoms with Gasteiger partial charge < -0.3 is 18.6 Å². The van der Waals surface area contributed by atoms with Gasteiger partial charge in [0.1, 0.15) is 23.7 Å². The Morgan fingerprint density at radius 1 is 0.938 bits per heavy atom. The van der Waals surface area contributed by atoms with Crippen LogP contribution >= 0.6 is 0 Å². The van der Waals surface area contributed by atoms with E-state index < -0.39 is 0 Å². The zero-order valence-corrected chi connectivity index (χ0v) is 18.3. The second-order valence-corrected chi connectivity index (χ2v) is 7.32. The molecule has 1 heterocycles. The number of methoxy groups -OCH3 is 2. The highest BCUT2D eigenvalue weighted by molar-refractivity contribution is 5.84. The van der Waals surface area contributed by atoms with Crippen LogP contribution in [0.3, 0.4) is 0 Å². The Morgan fingerprint density at radius 2 is 1.69 bits per heavy atom. The summed E-state index contributed by atoms with van der Waals surface area (Å²) in [4.78, 5) is 13.3. The van der Waals surface area contributed by atoms with E-state index in [2.05, 4.69) is 6.58 Å². The Bertz CT molecular complexity index is 1330. The molecule has 0 aliphatic heterocycles. The Hall–Kier alpha value is -3.99. The van der Waals surface area contributed by atoms with Crippen LogP contribution in [0, 0.1) is 6.92 Å². The zero-order chi connectivity index (χ0) is 22.7. The average Bonchev–Trinajstić information content (AvgIpc) is 2.82. The lowest BCUT2D eigenvalue weighted by Gasteiger charge is -2.12. The second kappa shape index (κ2) is 9.02. The van der Waals surface area contributed by atoms with Crippen LogP contribution in [0.5, 0.6) is 17.2 Å². The summed E-state index contributed by atoms with van der Waals surface area (Å²) in [5.41, 5.74) is 3.67. The summed E-state index contributed by atoms with van der Waals surface area (Å²) in [5, 5.41) is 0.489. The molecule has 0 bridgehead atoms. The molecular weight excluding hydrogens is 404 g/mol. The van der Waals surface area contributed by atoms with Crippen LogP contribution in [-0.4, -0.2) is 14.2 Å². The second-order valence-electron chi connectivity index (χ2n) is 7.32. The highest BCUT2D eigenvalue weighted by atomic mass is 16.5. The molecule has 162 valence electrons.